The van der Waals surface area contributed by atoms with E-state index in [4.69, 9.17) is 0 Å². The van der Waals surface area contributed by atoms with E-state index in [1.54, 1.807) is 0 Å². The Morgan fingerprint density at radius 2 is 1.00 bits per heavy atom. The monoisotopic (exact) mass is 94.9 g/mol. The zero-order chi connectivity index (χ0) is 0. The molecule has 0 aromatic heterocycles. The van der Waals surface area contributed by atoms with Crippen molar-refractivity contribution in [2.24, 2.45) is 0 Å². The van der Waals surface area contributed by atoms with Crippen molar-refractivity contribution >= 4 is 51.4 Å². The third-order valence-electron chi connectivity index (χ3n) is 0. The third-order valence-corrected chi connectivity index (χ3v) is 0. The van der Waals surface area contributed by atoms with Gasteiger partial charge < -0.3 is 0 Å². The van der Waals surface area contributed by atoms with Crippen LogP contribution in [-0.4, -0.2) is 51.4 Å². The summed E-state index contributed by atoms with van der Waals surface area (Å²) in [5.74, 6) is 0. The average molecular weight is 95.4 g/mol. The van der Waals surface area contributed by atoms with Gasteiger partial charge in [0.25, 0.3) is 0 Å². The van der Waals surface area contributed by atoms with E-state index < -0.39 is 0 Å². The van der Waals surface area contributed by atoms with Crippen LogP contribution in [0, 0.1) is 0 Å². The summed E-state index contributed by atoms with van der Waals surface area (Å²) in [7, 11) is 0. The van der Waals surface area contributed by atoms with Crippen LogP contribution in [0.4, 0.5) is 0 Å². The number of hydrogen-bond donors (Lipinski definition) is 0. The molecule has 0 aliphatic carbocycles. The second-order valence-corrected chi connectivity index (χ2v) is 0. The Morgan fingerprint density at radius 1 is 1.00 bits per heavy atom. The molecule has 0 aliphatic heterocycles. The molecule has 0 bridgehead atoms. The highest BCUT2D eigenvalue weighted by Crippen LogP contribution is -0.119. The predicted molar refractivity (Wildman–Crippen MR) is 17.9 cm³/mol. The first-order valence-electron chi connectivity index (χ1n) is 0. The minimum atomic E-state index is 0. The van der Waals surface area contributed by atoms with Crippen LogP contribution in [0.2, 0.25) is 0 Å². The lowest BCUT2D eigenvalue weighted by Gasteiger charge is -0.00100. The van der Waals surface area contributed by atoms with Crippen LogP contribution < -0.4 is 0 Å². The topological polar surface area (TPSA) is 28.5 Å². The van der Waals surface area contributed by atoms with Crippen molar-refractivity contribution in [2.45, 2.75) is 0 Å². The summed E-state index contributed by atoms with van der Waals surface area (Å²) in [5.41, 5.74) is 0. The van der Waals surface area contributed by atoms with E-state index >= 15 is 0 Å². The van der Waals surface area contributed by atoms with Crippen molar-refractivity contribution in [2.75, 3.05) is 0 Å². The predicted octanol–water partition coefficient (Wildman–Crippen LogP) is -1.26. The van der Waals surface area contributed by atoms with Crippen molar-refractivity contribution in [3.8, 4) is 0 Å². The van der Waals surface area contributed by atoms with Gasteiger partial charge in [-0.3, -0.25) is 0 Å². The molecule has 0 aliphatic rings. The molecular formula is AlMgOSi. The molecule has 1 nitrogen and oxygen atoms in total. The highest BCUT2D eigenvalue weighted by Gasteiger charge is 0.00300. The number of hydrogen-bond acceptors (Lipinski definition) is 0. The molecule has 0 amide bonds. The van der Waals surface area contributed by atoms with Crippen LogP contribution in [0.1, 0.15) is 0 Å². The van der Waals surface area contributed by atoms with Gasteiger partial charge in [0, 0.05) is 56.9 Å². The van der Waals surface area contributed by atoms with Crippen molar-refractivity contribution in [1.82, 2.24) is 0 Å². The summed E-state index contributed by atoms with van der Waals surface area (Å²) < 4.78 is 0. The molecule has 11 radical (unpaired) electrons. The standard InChI is InChI=1S/Al.Mg.O.Si. The molecule has 0 rings (SSSR count). The molecule has 0 aromatic rings. The lowest BCUT2D eigenvalue weighted by atomic mass is 16.0. The first kappa shape index (κ1) is 50.4. The van der Waals surface area contributed by atoms with Crippen molar-refractivity contribution in [3.63, 3.8) is 0 Å². The smallest absolute Gasteiger partial charge is 0 e. The van der Waals surface area contributed by atoms with Gasteiger partial charge in [-0.1, -0.05) is 0 Å². The van der Waals surface area contributed by atoms with Gasteiger partial charge in [0.15, 0.2) is 0 Å². The fourth-order valence-electron chi connectivity index (χ4n) is 0. The molecule has 0 atom stereocenters. The summed E-state index contributed by atoms with van der Waals surface area (Å²) in [6.07, 6.45) is 0. The Kier molecular flexibility index (Phi) is 313. The summed E-state index contributed by atoms with van der Waals surface area (Å²) >= 11 is 0. The van der Waals surface area contributed by atoms with Gasteiger partial charge in [0.2, 0.25) is 0 Å². The van der Waals surface area contributed by atoms with Gasteiger partial charge >= 0.3 is 0 Å². The Bertz CT molecular complexity index is 8.00. The van der Waals surface area contributed by atoms with Gasteiger partial charge in [-0.25, -0.2) is 0 Å². The molecule has 0 saturated heterocycles. The minimum absolute atomic E-state index is 0. The molecule has 0 spiro atoms. The van der Waals surface area contributed by atoms with Crippen molar-refractivity contribution in [1.29, 1.82) is 0 Å². The van der Waals surface area contributed by atoms with Crippen LogP contribution in [0.5, 0.6) is 0 Å². The summed E-state index contributed by atoms with van der Waals surface area (Å²) in [6, 6.07) is 0. The van der Waals surface area contributed by atoms with E-state index in [-0.39, 0.29) is 56.9 Å². The van der Waals surface area contributed by atoms with E-state index in [0.717, 1.165) is 0 Å². The maximum absolute atomic E-state index is 0. The van der Waals surface area contributed by atoms with Crippen LogP contribution in [0.15, 0.2) is 0 Å². The molecular weight excluding hydrogens is 95.4 g/mol. The maximum atomic E-state index is 0. The van der Waals surface area contributed by atoms with Gasteiger partial charge in [0.1, 0.15) is 0 Å². The molecule has 0 N–H and O–H groups in total. The Balaban J connectivity index is 0. The second-order valence-electron chi connectivity index (χ2n) is 0. The molecule has 0 heterocycles. The van der Waals surface area contributed by atoms with Crippen LogP contribution in [0.25, 0.3) is 0 Å². The first-order chi connectivity index (χ1) is 0. The van der Waals surface area contributed by atoms with Crippen molar-refractivity contribution in [3.05, 3.63) is 0 Å². The molecule has 0 unspecified atom stereocenters. The van der Waals surface area contributed by atoms with Crippen LogP contribution in [0.3, 0.4) is 0 Å². The molecule has 0 aromatic carbocycles. The number of rotatable bonds is 0. The highest BCUT2D eigenvalue weighted by atomic mass is 28.1. The molecule has 0 saturated carbocycles. The molecule has 15 valence electrons. The highest BCUT2D eigenvalue weighted by molar-refractivity contribution is 5.76. The Morgan fingerprint density at radius 3 is 1.00 bits per heavy atom. The molecule has 0 fully saturated rings. The molecule has 4 heavy (non-hydrogen) atoms. The van der Waals surface area contributed by atoms with Crippen LogP contribution in [-0.2, 0) is 5.48 Å². The van der Waals surface area contributed by atoms with Gasteiger partial charge in [0.05, 0.1) is 0 Å². The zero-order valence-electron chi connectivity index (χ0n) is 2.19. The maximum Gasteiger partial charge on any atom is 0 e. The quantitative estimate of drug-likeness (QED) is 0.336. The van der Waals surface area contributed by atoms with E-state index in [0.29, 0.717) is 0 Å². The van der Waals surface area contributed by atoms with Crippen LogP contribution >= 0.6 is 0 Å². The summed E-state index contributed by atoms with van der Waals surface area (Å²) in [4.78, 5) is 0. The van der Waals surface area contributed by atoms with E-state index in [1.807, 2.05) is 0 Å². The Hall–Kier alpha value is 1.48. The third kappa shape index (κ3) is 9.78. The lowest BCUT2D eigenvalue weighted by molar-refractivity contribution is 0.686. The zero-order valence-corrected chi connectivity index (χ0v) is 5.76. The molecule has 4 heteroatoms. The van der Waals surface area contributed by atoms with E-state index in [1.165, 1.54) is 0 Å². The summed E-state index contributed by atoms with van der Waals surface area (Å²) in [6.45, 7) is 0. The second kappa shape index (κ2) is 24.8. The van der Waals surface area contributed by atoms with Gasteiger partial charge in [-0.2, -0.15) is 0 Å². The normalized spacial score (nSPS) is 0. The largest absolute Gasteiger partial charge is 0 e. The van der Waals surface area contributed by atoms with E-state index in [2.05, 4.69) is 0 Å². The van der Waals surface area contributed by atoms with E-state index in [9.17, 15) is 0 Å². The minimum Gasteiger partial charge on any atom is 0 e. The average Bonchev–Trinajstić information content (AvgIpc) is 0. The van der Waals surface area contributed by atoms with Crippen molar-refractivity contribution < 1.29 is 5.48 Å². The Labute approximate surface area is 56.8 Å². The fraction of sp³-hybridized carbons (Fsp3) is 0. The fourth-order valence-corrected chi connectivity index (χ4v) is 0. The van der Waals surface area contributed by atoms with Gasteiger partial charge in [-0.15, -0.1) is 0 Å². The summed E-state index contributed by atoms with van der Waals surface area (Å²) in [5, 5.41) is 0. The van der Waals surface area contributed by atoms with Gasteiger partial charge in [-0.05, 0) is 0 Å². The SMILES string of the molecule is [Al].[Mg].[O].[Si]. The lowest BCUT2D eigenvalue weighted by Crippen LogP contribution is -0.382. The first-order valence-corrected chi connectivity index (χ1v) is 0.